The van der Waals surface area contributed by atoms with Crippen molar-refractivity contribution < 1.29 is 19.0 Å². The van der Waals surface area contributed by atoms with Crippen LogP contribution in [-0.2, 0) is 6.61 Å². The van der Waals surface area contributed by atoms with Crippen molar-refractivity contribution in [2.45, 2.75) is 13.5 Å². The zero-order chi connectivity index (χ0) is 20.4. The van der Waals surface area contributed by atoms with E-state index in [-0.39, 0.29) is 11.5 Å². The van der Waals surface area contributed by atoms with Gasteiger partial charge < -0.3 is 14.2 Å². The normalized spacial score (nSPS) is 13.9. The number of hydrogen-bond acceptors (Lipinski definition) is 4. The van der Waals surface area contributed by atoms with Crippen LogP contribution in [0.1, 0.15) is 27.0 Å². The third kappa shape index (κ3) is 3.84. The zero-order valence-corrected chi connectivity index (χ0v) is 16.8. The first-order valence-electron chi connectivity index (χ1n) is 9.15. The summed E-state index contributed by atoms with van der Waals surface area (Å²) in [6, 6.07) is 18.6. The molecule has 0 atom stereocenters. The number of aryl methyl sites for hydroxylation is 1. The second-order valence-corrected chi connectivity index (χ2v) is 7.08. The third-order valence-electron chi connectivity index (χ3n) is 4.72. The van der Waals surface area contributed by atoms with Crippen molar-refractivity contribution in [1.82, 2.24) is 0 Å². The Morgan fingerprint density at radius 3 is 2.62 bits per heavy atom. The minimum absolute atomic E-state index is 0.159. The monoisotopic (exact) mass is 406 g/mol. The van der Waals surface area contributed by atoms with Gasteiger partial charge in [0.2, 0.25) is 5.78 Å². The van der Waals surface area contributed by atoms with Crippen molar-refractivity contribution in [2.75, 3.05) is 7.11 Å². The van der Waals surface area contributed by atoms with Gasteiger partial charge in [-0.05, 0) is 42.3 Å². The van der Waals surface area contributed by atoms with Crippen LogP contribution in [0.3, 0.4) is 0 Å². The van der Waals surface area contributed by atoms with Gasteiger partial charge in [-0.2, -0.15) is 0 Å². The van der Waals surface area contributed by atoms with Gasteiger partial charge in [-0.3, -0.25) is 4.79 Å². The maximum absolute atomic E-state index is 12.8. The summed E-state index contributed by atoms with van der Waals surface area (Å²) in [7, 11) is 1.63. The number of methoxy groups -OCH3 is 1. The van der Waals surface area contributed by atoms with E-state index < -0.39 is 0 Å². The molecule has 0 aromatic heterocycles. The molecule has 0 unspecified atom stereocenters. The number of carbonyl (C=O) groups excluding carboxylic acids is 1. The summed E-state index contributed by atoms with van der Waals surface area (Å²) in [5.41, 5.74) is 3.01. The molecular formula is C24H19ClO4. The molecule has 3 aromatic rings. The van der Waals surface area contributed by atoms with Gasteiger partial charge in [0.1, 0.15) is 23.9 Å². The molecule has 0 saturated carbocycles. The van der Waals surface area contributed by atoms with E-state index in [2.05, 4.69) is 0 Å². The molecule has 0 spiro atoms. The van der Waals surface area contributed by atoms with Crippen LogP contribution >= 0.6 is 11.6 Å². The molecule has 0 radical (unpaired) electrons. The number of halogens is 1. The highest BCUT2D eigenvalue weighted by molar-refractivity contribution is 6.32. The molecule has 3 aromatic carbocycles. The first-order chi connectivity index (χ1) is 14.1. The minimum atomic E-state index is -0.159. The Kier molecular flexibility index (Phi) is 5.28. The highest BCUT2D eigenvalue weighted by Crippen LogP contribution is 2.38. The predicted octanol–water partition coefficient (Wildman–Crippen LogP) is 5.85. The van der Waals surface area contributed by atoms with Crippen LogP contribution in [-0.4, -0.2) is 12.9 Å². The maximum Gasteiger partial charge on any atom is 0.232 e. The summed E-state index contributed by atoms with van der Waals surface area (Å²) in [4.78, 5) is 12.8. The first kappa shape index (κ1) is 19.1. The molecule has 0 aliphatic carbocycles. The second-order valence-electron chi connectivity index (χ2n) is 6.68. The Hall–Kier alpha value is -3.24. The van der Waals surface area contributed by atoms with E-state index in [1.165, 1.54) is 0 Å². The quantitative estimate of drug-likeness (QED) is 0.498. The van der Waals surface area contributed by atoms with Crippen molar-refractivity contribution in [1.29, 1.82) is 0 Å². The van der Waals surface area contributed by atoms with Gasteiger partial charge in [-0.15, -0.1) is 0 Å². The number of fused-ring (bicyclic) bond motifs is 1. The summed E-state index contributed by atoms with van der Waals surface area (Å²) in [5.74, 6) is 1.97. The summed E-state index contributed by atoms with van der Waals surface area (Å²) < 4.78 is 17.1. The minimum Gasteiger partial charge on any atom is -0.496 e. The van der Waals surface area contributed by atoms with Crippen LogP contribution in [0.4, 0.5) is 0 Å². The van der Waals surface area contributed by atoms with Crippen molar-refractivity contribution >= 4 is 23.5 Å². The summed E-state index contributed by atoms with van der Waals surface area (Å²) in [5, 5.41) is 0.560. The molecule has 1 heterocycles. The number of ether oxygens (including phenoxy) is 3. The fourth-order valence-corrected chi connectivity index (χ4v) is 3.47. The third-order valence-corrected chi connectivity index (χ3v) is 5.07. The lowest BCUT2D eigenvalue weighted by molar-refractivity contribution is 0.101. The summed E-state index contributed by atoms with van der Waals surface area (Å²) >= 11 is 6.20. The number of allylic oxidation sites excluding steroid dienone is 1. The molecule has 0 fully saturated rings. The van der Waals surface area contributed by atoms with Crippen molar-refractivity contribution in [2.24, 2.45) is 0 Å². The fourth-order valence-electron chi connectivity index (χ4n) is 3.28. The number of ketones is 1. The molecule has 4 nitrogen and oxygen atoms in total. The average molecular weight is 407 g/mol. The molecule has 1 aliphatic heterocycles. The van der Waals surface area contributed by atoms with E-state index in [9.17, 15) is 4.79 Å². The predicted molar refractivity (Wildman–Crippen MR) is 113 cm³/mol. The smallest absolute Gasteiger partial charge is 0.232 e. The Labute approximate surface area is 174 Å². The lowest BCUT2D eigenvalue weighted by atomic mass is 10.0. The molecule has 0 saturated heterocycles. The molecule has 29 heavy (non-hydrogen) atoms. The molecular weight excluding hydrogens is 388 g/mol. The topological polar surface area (TPSA) is 44.8 Å². The van der Waals surface area contributed by atoms with Gasteiger partial charge in [-0.25, -0.2) is 0 Å². The second kappa shape index (κ2) is 8.02. The van der Waals surface area contributed by atoms with Gasteiger partial charge in [0.25, 0.3) is 0 Å². The van der Waals surface area contributed by atoms with Crippen molar-refractivity contribution in [3.63, 3.8) is 0 Å². The Morgan fingerprint density at radius 1 is 1.07 bits per heavy atom. The number of hydrogen-bond donors (Lipinski definition) is 0. The van der Waals surface area contributed by atoms with Gasteiger partial charge in [0.15, 0.2) is 5.76 Å². The molecule has 146 valence electrons. The average Bonchev–Trinajstić information content (AvgIpc) is 3.04. The van der Waals surface area contributed by atoms with E-state index >= 15 is 0 Å². The highest BCUT2D eigenvalue weighted by atomic mass is 35.5. The summed E-state index contributed by atoms with van der Waals surface area (Å²) in [6.07, 6.45) is 1.67. The molecule has 0 amide bonds. The van der Waals surface area contributed by atoms with Crippen molar-refractivity contribution in [3.05, 3.63) is 93.7 Å². The Balaban J connectivity index is 1.59. The van der Waals surface area contributed by atoms with Gasteiger partial charge >= 0.3 is 0 Å². The van der Waals surface area contributed by atoms with Crippen LogP contribution < -0.4 is 14.2 Å². The van der Waals surface area contributed by atoms with Gasteiger partial charge in [0.05, 0.1) is 12.7 Å². The lowest BCUT2D eigenvalue weighted by Gasteiger charge is -2.11. The molecule has 1 aliphatic rings. The number of para-hydroxylation sites is 1. The number of benzene rings is 3. The number of Topliss-reactive ketones (excluding diaryl/α,β-unsaturated/α-hetero) is 1. The fraction of sp³-hybridized carbons (Fsp3) is 0.125. The van der Waals surface area contributed by atoms with Crippen LogP contribution in [0.25, 0.3) is 6.08 Å². The van der Waals surface area contributed by atoms with Crippen LogP contribution in [0, 0.1) is 6.92 Å². The highest BCUT2D eigenvalue weighted by Gasteiger charge is 2.30. The molecule has 4 rings (SSSR count). The van der Waals surface area contributed by atoms with Crippen molar-refractivity contribution in [3.8, 4) is 17.2 Å². The molecule has 0 bridgehead atoms. The largest absolute Gasteiger partial charge is 0.496 e. The van der Waals surface area contributed by atoms with Crippen LogP contribution in [0.2, 0.25) is 5.02 Å². The van der Waals surface area contributed by atoms with Crippen LogP contribution in [0.15, 0.2) is 66.4 Å². The Bertz CT molecular complexity index is 1120. The van der Waals surface area contributed by atoms with Crippen LogP contribution in [0.5, 0.6) is 17.2 Å². The lowest BCUT2D eigenvalue weighted by Crippen LogP contribution is -2.00. The molecule has 0 N–H and O–H groups in total. The van der Waals surface area contributed by atoms with E-state index in [4.69, 9.17) is 25.8 Å². The van der Waals surface area contributed by atoms with Gasteiger partial charge in [0, 0.05) is 16.7 Å². The van der Waals surface area contributed by atoms with E-state index in [1.54, 1.807) is 25.3 Å². The Morgan fingerprint density at radius 2 is 1.83 bits per heavy atom. The van der Waals surface area contributed by atoms with E-state index in [1.807, 2.05) is 55.5 Å². The standard InChI is InChI=1S/C24H19ClO4/c1-15-11-18(28-14-17-8-4-6-10-20(17)27-2)13-21-23(15)24(26)22(29-21)12-16-7-3-5-9-19(16)25/h3-13H,14H2,1-2H3/b22-12-. The van der Waals surface area contributed by atoms with E-state index in [0.29, 0.717) is 28.7 Å². The molecule has 5 heteroatoms. The maximum atomic E-state index is 12.8. The summed E-state index contributed by atoms with van der Waals surface area (Å²) in [6.45, 7) is 2.22. The number of carbonyl (C=O) groups is 1. The first-order valence-corrected chi connectivity index (χ1v) is 9.52. The number of rotatable bonds is 5. The SMILES string of the molecule is COc1ccccc1COc1cc(C)c2c(c1)O/C(=C\c1ccccc1Cl)C2=O. The van der Waals surface area contributed by atoms with E-state index in [0.717, 1.165) is 22.4 Å². The van der Waals surface area contributed by atoms with Gasteiger partial charge in [-0.1, -0.05) is 48.0 Å². The zero-order valence-electron chi connectivity index (χ0n) is 16.1.